The van der Waals surface area contributed by atoms with Crippen molar-refractivity contribution in [3.8, 4) is 0 Å². The van der Waals surface area contributed by atoms with Crippen molar-refractivity contribution in [1.29, 1.82) is 0 Å². The van der Waals surface area contributed by atoms with Crippen LogP contribution in [-0.2, 0) is 0 Å². The summed E-state index contributed by atoms with van der Waals surface area (Å²) in [5.41, 5.74) is 5.17. The fraction of sp³-hybridized carbons (Fsp3) is 0.167. The molecular formula is C18H19BrN4S. The molecule has 2 rings (SSSR count). The van der Waals surface area contributed by atoms with Crippen molar-refractivity contribution < 1.29 is 0 Å². The average molecular weight is 403 g/mol. The van der Waals surface area contributed by atoms with Crippen LogP contribution in [0.2, 0.25) is 0 Å². The van der Waals surface area contributed by atoms with Crippen LogP contribution >= 0.6 is 27.3 Å². The standard InChI is InChI=1S/C18H19BrN4S/c1-5-7-8-14(6-2)9-15(19)10-22-23-17-16-12(3)13(4)24-18(16)21-11-20-17/h5-11H,2H2,1,3-4H3,(H,20,21,23). The molecule has 0 aliphatic heterocycles. The highest BCUT2D eigenvalue weighted by atomic mass is 79.9. The van der Waals surface area contributed by atoms with E-state index in [9.17, 15) is 0 Å². The maximum Gasteiger partial charge on any atom is 0.158 e. The van der Waals surface area contributed by atoms with Crippen molar-refractivity contribution >= 4 is 49.5 Å². The highest BCUT2D eigenvalue weighted by Gasteiger charge is 2.11. The second kappa shape index (κ2) is 8.70. The minimum Gasteiger partial charge on any atom is -0.261 e. The maximum absolute atomic E-state index is 4.32. The average Bonchev–Trinajstić information content (AvgIpc) is 2.86. The molecule has 0 unspecified atom stereocenters. The lowest BCUT2D eigenvalue weighted by molar-refractivity contribution is 1.19. The molecule has 2 heterocycles. The van der Waals surface area contributed by atoms with Gasteiger partial charge in [0.25, 0.3) is 0 Å². The van der Waals surface area contributed by atoms with Crippen molar-refractivity contribution in [3.63, 3.8) is 0 Å². The topological polar surface area (TPSA) is 50.2 Å². The van der Waals surface area contributed by atoms with Crippen molar-refractivity contribution in [2.75, 3.05) is 5.43 Å². The zero-order valence-corrected chi connectivity index (χ0v) is 16.3. The van der Waals surface area contributed by atoms with E-state index in [0.717, 1.165) is 20.3 Å². The molecular weight excluding hydrogens is 384 g/mol. The Morgan fingerprint density at radius 3 is 2.88 bits per heavy atom. The summed E-state index contributed by atoms with van der Waals surface area (Å²) in [5, 5.41) is 5.28. The smallest absolute Gasteiger partial charge is 0.158 e. The van der Waals surface area contributed by atoms with E-state index in [1.54, 1.807) is 30.0 Å². The fourth-order valence-corrected chi connectivity index (χ4v) is 3.36. The lowest BCUT2D eigenvalue weighted by Crippen LogP contribution is -1.95. The molecule has 2 aromatic heterocycles. The van der Waals surface area contributed by atoms with Crippen LogP contribution in [0.5, 0.6) is 0 Å². The molecule has 0 aromatic carbocycles. The van der Waals surface area contributed by atoms with Gasteiger partial charge in [0.1, 0.15) is 11.2 Å². The number of rotatable bonds is 6. The van der Waals surface area contributed by atoms with Crippen LogP contribution in [0.4, 0.5) is 5.82 Å². The van der Waals surface area contributed by atoms with Gasteiger partial charge in [-0.3, -0.25) is 5.43 Å². The summed E-state index contributed by atoms with van der Waals surface area (Å²) < 4.78 is 0.828. The summed E-state index contributed by atoms with van der Waals surface area (Å²) in [6.45, 7) is 9.93. The summed E-state index contributed by atoms with van der Waals surface area (Å²) in [4.78, 5) is 10.8. The number of thiophene rings is 1. The van der Waals surface area contributed by atoms with E-state index in [2.05, 4.69) is 56.9 Å². The third-order valence-corrected chi connectivity index (χ3v) is 4.89. The van der Waals surface area contributed by atoms with Gasteiger partial charge in [-0.05, 0) is 53.9 Å². The van der Waals surface area contributed by atoms with Crippen molar-refractivity contribution in [1.82, 2.24) is 9.97 Å². The molecule has 2 aromatic rings. The van der Waals surface area contributed by atoms with E-state index in [1.807, 2.05) is 31.2 Å². The number of anilines is 1. The Bertz CT molecular complexity index is 859. The van der Waals surface area contributed by atoms with Gasteiger partial charge in [-0.2, -0.15) is 5.10 Å². The zero-order chi connectivity index (χ0) is 17.5. The summed E-state index contributed by atoms with van der Waals surface area (Å²) in [5.74, 6) is 0.715. The Hall–Kier alpha value is -2.05. The number of halogens is 1. The molecule has 0 fully saturated rings. The van der Waals surface area contributed by atoms with E-state index in [4.69, 9.17) is 0 Å². The first kappa shape index (κ1) is 18.3. The van der Waals surface area contributed by atoms with Gasteiger partial charge in [-0.15, -0.1) is 11.3 Å². The van der Waals surface area contributed by atoms with Gasteiger partial charge in [-0.25, -0.2) is 9.97 Å². The van der Waals surface area contributed by atoms with E-state index in [-0.39, 0.29) is 0 Å². The predicted molar refractivity (Wildman–Crippen MR) is 109 cm³/mol. The molecule has 0 saturated carbocycles. The molecule has 1 N–H and O–H groups in total. The van der Waals surface area contributed by atoms with Gasteiger partial charge in [0, 0.05) is 9.36 Å². The van der Waals surface area contributed by atoms with Gasteiger partial charge < -0.3 is 0 Å². The number of fused-ring (bicyclic) bond motifs is 1. The van der Waals surface area contributed by atoms with Crippen LogP contribution < -0.4 is 5.43 Å². The number of hydrazone groups is 1. The second-order valence-electron chi connectivity index (χ2n) is 4.98. The monoisotopic (exact) mass is 402 g/mol. The molecule has 6 heteroatoms. The molecule has 0 spiro atoms. The Kier molecular flexibility index (Phi) is 6.63. The molecule has 0 bridgehead atoms. The Balaban J connectivity index is 2.18. The van der Waals surface area contributed by atoms with Crippen molar-refractivity contribution in [2.45, 2.75) is 20.8 Å². The van der Waals surface area contributed by atoms with Crippen LogP contribution in [0.15, 0.2) is 58.4 Å². The molecule has 0 radical (unpaired) electrons. The maximum atomic E-state index is 4.32. The Labute approximate surface area is 154 Å². The predicted octanol–water partition coefficient (Wildman–Crippen LogP) is 5.67. The van der Waals surface area contributed by atoms with Crippen molar-refractivity contribution in [3.05, 3.63) is 63.8 Å². The van der Waals surface area contributed by atoms with E-state index < -0.39 is 0 Å². The Morgan fingerprint density at radius 1 is 1.38 bits per heavy atom. The molecule has 0 atom stereocenters. The minimum absolute atomic E-state index is 0.715. The Morgan fingerprint density at radius 2 is 2.17 bits per heavy atom. The second-order valence-corrected chi connectivity index (χ2v) is 7.10. The van der Waals surface area contributed by atoms with Gasteiger partial charge >= 0.3 is 0 Å². The van der Waals surface area contributed by atoms with Crippen LogP contribution in [0, 0.1) is 13.8 Å². The van der Waals surface area contributed by atoms with E-state index >= 15 is 0 Å². The third kappa shape index (κ3) is 4.49. The van der Waals surface area contributed by atoms with Gasteiger partial charge in [0.05, 0.1) is 11.6 Å². The number of allylic oxidation sites excluding steroid dienone is 7. The molecule has 24 heavy (non-hydrogen) atoms. The molecule has 0 amide bonds. The molecule has 0 aliphatic rings. The SMILES string of the molecule is C=CC(C=C(Br)C=NNc1ncnc2sc(C)c(C)c12)=CC=CC. The van der Waals surface area contributed by atoms with Crippen LogP contribution in [0.1, 0.15) is 17.4 Å². The number of nitrogens with one attached hydrogen (secondary N) is 1. The summed E-state index contributed by atoms with van der Waals surface area (Å²) in [7, 11) is 0. The minimum atomic E-state index is 0.715. The van der Waals surface area contributed by atoms with Crippen molar-refractivity contribution in [2.24, 2.45) is 5.10 Å². The van der Waals surface area contributed by atoms with E-state index in [0.29, 0.717) is 5.82 Å². The quantitative estimate of drug-likeness (QED) is 0.384. The normalized spacial score (nSPS) is 13.3. The van der Waals surface area contributed by atoms with Gasteiger partial charge in [0.15, 0.2) is 5.82 Å². The van der Waals surface area contributed by atoms with Gasteiger partial charge in [0.2, 0.25) is 0 Å². The number of aryl methyl sites for hydroxylation is 2. The van der Waals surface area contributed by atoms with E-state index in [1.165, 1.54) is 10.4 Å². The molecule has 124 valence electrons. The summed E-state index contributed by atoms with van der Waals surface area (Å²) >= 11 is 5.14. The van der Waals surface area contributed by atoms with Crippen LogP contribution in [-0.4, -0.2) is 16.2 Å². The highest BCUT2D eigenvalue weighted by molar-refractivity contribution is 9.12. The zero-order valence-electron chi connectivity index (χ0n) is 13.9. The lowest BCUT2D eigenvalue weighted by atomic mass is 10.2. The summed E-state index contributed by atoms with van der Waals surface area (Å²) in [6.07, 6.45) is 12.9. The largest absolute Gasteiger partial charge is 0.261 e. The highest BCUT2D eigenvalue weighted by Crippen LogP contribution is 2.32. The molecule has 0 aliphatic carbocycles. The van der Waals surface area contributed by atoms with Crippen LogP contribution in [0.3, 0.4) is 0 Å². The molecule has 0 saturated heterocycles. The molecule has 4 nitrogen and oxygen atoms in total. The number of aromatic nitrogens is 2. The lowest BCUT2D eigenvalue weighted by Gasteiger charge is -2.01. The number of nitrogens with zero attached hydrogens (tertiary/aromatic N) is 3. The third-order valence-electron chi connectivity index (χ3n) is 3.35. The van der Waals surface area contributed by atoms with Crippen LogP contribution in [0.25, 0.3) is 10.2 Å². The number of hydrogen-bond donors (Lipinski definition) is 1. The summed E-state index contributed by atoms with van der Waals surface area (Å²) in [6, 6.07) is 0. The first-order valence-electron chi connectivity index (χ1n) is 7.39. The fourth-order valence-electron chi connectivity index (χ4n) is 2.00. The van der Waals surface area contributed by atoms with Gasteiger partial charge in [-0.1, -0.05) is 30.9 Å². The first-order valence-corrected chi connectivity index (χ1v) is 9.00. The first-order chi connectivity index (χ1) is 11.6. The number of hydrogen-bond acceptors (Lipinski definition) is 5.